The Balaban J connectivity index is 2.21. The predicted molar refractivity (Wildman–Crippen MR) is 69.3 cm³/mol. The summed E-state index contributed by atoms with van der Waals surface area (Å²) in [6.07, 6.45) is 5.18. The fraction of sp³-hybridized carbons (Fsp3) is 0.286. The van der Waals surface area contributed by atoms with Crippen molar-refractivity contribution in [2.75, 3.05) is 11.4 Å². The van der Waals surface area contributed by atoms with Gasteiger partial charge in [0.15, 0.2) is 0 Å². The Bertz CT molecular complexity index is 494. The number of carboxylic acids is 1. The predicted octanol–water partition coefficient (Wildman–Crippen LogP) is 2.30. The van der Waals surface area contributed by atoms with Gasteiger partial charge in [-0.15, -0.1) is 0 Å². The van der Waals surface area contributed by atoms with Crippen LogP contribution in [0.5, 0.6) is 0 Å². The second kappa shape index (κ2) is 5.49. The van der Waals surface area contributed by atoms with E-state index in [-0.39, 0.29) is 5.91 Å². The number of hydrogen-bond acceptors (Lipinski definition) is 2. The van der Waals surface area contributed by atoms with Gasteiger partial charge in [-0.25, -0.2) is 4.79 Å². The average molecular weight is 245 g/mol. The number of benzene rings is 1. The lowest BCUT2D eigenvalue weighted by atomic mass is 10.1. The molecule has 4 heteroatoms. The number of aliphatic carboxylic acids is 1. The van der Waals surface area contributed by atoms with Gasteiger partial charge in [0.2, 0.25) is 5.91 Å². The van der Waals surface area contributed by atoms with Gasteiger partial charge in [0, 0.05) is 24.7 Å². The van der Waals surface area contributed by atoms with Crippen molar-refractivity contribution in [1.29, 1.82) is 0 Å². The maximum atomic E-state index is 11.8. The maximum absolute atomic E-state index is 11.8. The van der Waals surface area contributed by atoms with Crippen LogP contribution in [-0.4, -0.2) is 23.5 Å². The van der Waals surface area contributed by atoms with Crippen LogP contribution in [0.15, 0.2) is 30.3 Å². The summed E-state index contributed by atoms with van der Waals surface area (Å²) in [6, 6.07) is 7.36. The van der Waals surface area contributed by atoms with Crippen molar-refractivity contribution in [1.82, 2.24) is 0 Å². The molecule has 0 bridgehead atoms. The molecule has 0 spiro atoms. The van der Waals surface area contributed by atoms with Crippen LogP contribution < -0.4 is 4.90 Å². The van der Waals surface area contributed by atoms with E-state index in [2.05, 4.69) is 0 Å². The zero-order valence-electron chi connectivity index (χ0n) is 10.0. The quantitative estimate of drug-likeness (QED) is 0.831. The molecule has 1 heterocycles. The first-order valence-electron chi connectivity index (χ1n) is 5.98. The lowest BCUT2D eigenvalue weighted by Crippen LogP contribution is -2.35. The van der Waals surface area contributed by atoms with Crippen molar-refractivity contribution >= 4 is 23.6 Å². The first kappa shape index (κ1) is 12.4. The number of carboxylic acid groups (broad SMARTS) is 1. The summed E-state index contributed by atoms with van der Waals surface area (Å²) in [5, 5.41) is 8.58. The maximum Gasteiger partial charge on any atom is 0.328 e. The third-order valence-electron chi connectivity index (χ3n) is 2.92. The van der Waals surface area contributed by atoms with Crippen LogP contribution in [0.2, 0.25) is 0 Å². The molecule has 0 atom stereocenters. The summed E-state index contributed by atoms with van der Waals surface area (Å²) in [5.74, 6) is -0.838. The molecular weight excluding hydrogens is 230 g/mol. The number of piperidine rings is 1. The number of nitrogens with zero attached hydrogens (tertiary/aromatic N) is 1. The Morgan fingerprint density at radius 3 is 2.89 bits per heavy atom. The molecule has 0 aliphatic carbocycles. The molecule has 1 saturated heterocycles. The number of carbonyl (C=O) groups is 2. The molecule has 1 aliphatic heterocycles. The molecule has 1 aliphatic rings. The number of hydrogen-bond donors (Lipinski definition) is 1. The Morgan fingerprint density at radius 2 is 2.17 bits per heavy atom. The van der Waals surface area contributed by atoms with Crippen molar-refractivity contribution in [3.05, 3.63) is 35.9 Å². The van der Waals surface area contributed by atoms with Gasteiger partial charge in [-0.2, -0.15) is 0 Å². The minimum Gasteiger partial charge on any atom is -0.478 e. The minimum atomic E-state index is -0.977. The minimum absolute atomic E-state index is 0.139. The van der Waals surface area contributed by atoms with E-state index in [9.17, 15) is 9.59 Å². The molecule has 0 unspecified atom stereocenters. The van der Waals surface area contributed by atoms with E-state index in [1.165, 1.54) is 6.08 Å². The summed E-state index contributed by atoms with van der Waals surface area (Å²) in [7, 11) is 0. The Labute approximate surface area is 106 Å². The van der Waals surface area contributed by atoms with E-state index < -0.39 is 5.97 Å². The normalized spacial score (nSPS) is 16.2. The van der Waals surface area contributed by atoms with Gasteiger partial charge in [-0.1, -0.05) is 12.1 Å². The number of amides is 1. The van der Waals surface area contributed by atoms with Gasteiger partial charge in [-0.05, 0) is 36.6 Å². The van der Waals surface area contributed by atoms with E-state index >= 15 is 0 Å². The van der Waals surface area contributed by atoms with Gasteiger partial charge in [0.1, 0.15) is 0 Å². The highest BCUT2D eigenvalue weighted by Gasteiger charge is 2.19. The third kappa shape index (κ3) is 2.97. The molecule has 1 N–H and O–H groups in total. The fourth-order valence-corrected chi connectivity index (χ4v) is 2.04. The molecule has 2 rings (SSSR count). The number of anilines is 1. The van der Waals surface area contributed by atoms with Gasteiger partial charge >= 0.3 is 5.97 Å². The monoisotopic (exact) mass is 245 g/mol. The van der Waals surface area contributed by atoms with Crippen LogP contribution in [0.4, 0.5) is 5.69 Å². The number of carbonyl (C=O) groups excluding carboxylic acids is 1. The van der Waals surface area contributed by atoms with Crippen LogP contribution >= 0.6 is 0 Å². The van der Waals surface area contributed by atoms with Gasteiger partial charge in [-0.3, -0.25) is 4.79 Å². The first-order chi connectivity index (χ1) is 8.66. The van der Waals surface area contributed by atoms with Crippen molar-refractivity contribution in [3.8, 4) is 0 Å². The van der Waals surface area contributed by atoms with Gasteiger partial charge in [0.05, 0.1) is 0 Å². The van der Waals surface area contributed by atoms with Crippen molar-refractivity contribution in [3.63, 3.8) is 0 Å². The second-order valence-corrected chi connectivity index (χ2v) is 4.27. The first-order valence-corrected chi connectivity index (χ1v) is 5.98. The fourth-order valence-electron chi connectivity index (χ4n) is 2.04. The molecule has 1 aromatic rings. The standard InChI is InChI=1S/C14H15NO3/c16-13-6-1-2-9-15(13)12-5-3-4-11(10-12)7-8-14(17)18/h3-5,7-8,10H,1-2,6,9H2,(H,17,18). The molecule has 0 saturated carbocycles. The van der Waals surface area contributed by atoms with E-state index in [0.717, 1.165) is 36.7 Å². The Kier molecular flexibility index (Phi) is 3.77. The Morgan fingerprint density at radius 1 is 1.33 bits per heavy atom. The van der Waals surface area contributed by atoms with Gasteiger partial charge in [0.25, 0.3) is 0 Å². The lowest BCUT2D eigenvalue weighted by molar-refractivity contribution is -0.131. The van der Waals surface area contributed by atoms with E-state index in [0.29, 0.717) is 6.42 Å². The average Bonchev–Trinajstić information content (AvgIpc) is 2.37. The number of rotatable bonds is 3. The summed E-state index contributed by atoms with van der Waals surface area (Å²) in [4.78, 5) is 24.0. The molecule has 0 radical (unpaired) electrons. The zero-order valence-corrected chi connectivity index (χ0v) is 10.0. The summed E-state index contributed by atoms with van der Waals surface area (Å²) >= 11 is 0. The smallest absolute Gasteiger partial charge is 0.328 e. The highest BCUT2D eigenvalue weighted by Crippen LogP contribution is 2.22. The summed E-state index contributed by atoms with van der Waals surface area (Å²) in [5.41, 5.74) is 1.63. The van der Waals surface area contributed by atoms with Gasteiger partial charge < -0.3 is 10.0 Å². The van der Waals surface area contributed by atoms with Crippen LogP contribution in [-0.2, 0) is 9.59 Å². The van der Waals surface area contributed by atoms with E-state index in [4.69, 9.17) is 5.11 Å². The molecular formula is C14H15NO3. The summed E-state index contributed by atoms with van der Waals surface area (Å²) < 4.78 is 0. The highest BCUT2D eigenvalue weighted by molar-refractivity contribution is 5.94. The molecule has 18 heavy (non-hydrogen) atoms. The molecule has 94 valence electrons. The van der Waals surface area contributed by atoms with Crippen LogP contribution in [0.3, 0.4) is 0 Å². The topological polar surface area (TPSA) is 57.6 Å². The van der Waals surface area contributed by atoms with E-state index in [1.54, 1.807) is 4.90 Å². The molecule has 0 aromatic heterocycles. The molecule has 1 fully saturated rings. The van der Waals surface area contributed by atoms with Crippen LogP contribution in [0, 0.1) is 0 Å². The van der Waals surface area contributed by atoms with Crippen molar-refractivity contribution in [2.45, 2.75) is 19.3 Å². The van der Waals surface area contributed by atoms with E-state index in [1.807, 2.05) is 24.3 Å². The lowest BCUT2D eigenvalue weighted by Gasteiger charge is -2.27. The van der Waals surface area contributed by atoms with Crippen LogP contribution in [0.25, 0.3) is 6.08 Å². The summed E-state index contributed by atoms with van der Waals surface area (Å²) in [6.45, 7) is 0.741. The third-order valence-corrected chi connectivity index (χ3v) is 2.92. The van der Waals surface area contributed by atoms with Crippen molar-refractivity contribution < 1.29 is 14.7 Å². The molecule has 1 amide bonds. The SMILES string of the molecule is O=C(O)C=Cc1cccc(N2CCCCC2=O)c1. The zero-order chi connectivity index (χ0) is 13.0. The largest absolute Gasteiger partial charge is 0.478 e. The Hall–Kier alpha value is -2.10. The molecule has 4 nitrogen and oxygen atoms in total. The van der Waals surface area contributed by atoms with Crippen molar-refractivity contribution in [2.24, 2.45) is 0 Å². The second-order valence-electron chi connectivity index (χ2n) is 4.27. The highest BCUT2D eigenvalue weighted by atomic mass is 16.4. The van der Waals surface area contributed by atoms with Crippen LogP contribution in [0.1, 0.15) is 24.8 Å². The molecule has 1 aromatic carbocycles.